The van der Waals surface area contributed by atoms with E-state index in [0.717, 1.165) is 26.2 Å². The molecule has 2 atom stereocenters. The average Bonchev–Trinajstić information content (AvgIpc) is 2.48. The van der Waals surface area contributed by atoms with Crippen LogP contribution in [-0.2, 0) is 4.79 Å². The summed E-state index contributed by atoms with van der Waals surface area (Å²) in [4.78, 5) is 15.6. The third kappa shape index (κ3) is 3.83. The molecule has 4 heteroatoms. The van der Waals surface area contributed by atoms with Crippen LogP contribution in [0.1, 0.15) is 32.4 Å². The molecule has 116 valence electrons. The maximum Gasteiger partial charge on any atom is 0.320 e. The number of carbonyl (C=O) groups is 1. The van der Waals surface area contributed by atoms with Gasteiger partial charge in [0.05, 0.1) is 0 Å². The smallest absolute Gasteiger partial charge is 0.320 e. The molecule has 1 aromatic carbocycles. The minimum Gasteiger partial charge on any atom is -0.480 e. The van der Waals surface area contributed by atoms with Crippen LogP contribution < -0.4 is 0 Å². The largest absolute Gasteiger partial charge is 0.480 e. The topological polar surface area (TPSA) is 43.8 Å². The summed E-state index contributed by atoms with van der Waals surface area (Å²) in [6.45, 7) is 9.78. The minimum atomic E-state index is -0.730. The Kier molecular flexibility index (Phi) is 5.37. The van der Waals surface area contributed by atoms with E-state index in [9.17, 15) is 4.79 Å². The Morgan fingerprint density at radius 3 is 2.00 bits per heavy atom. The summed E-state index contributed by atoms with van der Waals surface area (Å²) in [5.74, 6) is -0.192. The van der Waals surface area contributed by atoms with E-state index < -0.39 is 5.97 Å². The van der Waals surface area contributed by atoms with Crippen LogP contribution in [0.5, 0.6) is 0 Å². The van der Waals surface area contributed by atoms with Crippen molar-refractivity contribution in [2.75, 3.05) is 26.2 Å². The van der Waals surface area contributed by atoms with Crippen molar-refractivity contribution >= 4 is 5.97 Å². The van der Waals surface area contributed by atoms with E-state index in [1.54, 1.807) is 6.92 Å². The van der Waals surface area contributed by atoms with Gasteiger partial charge < -0.3 is 5.11 Å². The van der Waals surface area contributed by atoms with Crippen LogP contribution in [0.25, 0.3) is 0 Å². The Morgan fingerprint density at radius 1 is 1.00 bits per heavy atom. The Labute approximate surface area is 127 Å². The van der Waals surface area contributed by atoms with Gasteiger partial charge in [-0.25, -0.2) is 0 Å². The Morgan fingerprint density at radius 2 is 1.52 bits per heavy atom. The first kappa shape index (κ1) is 16.0. The van der Waals surface area contributed by atoms with Gasteiger partial charge in [0, 0.05) is 32.2 Å². The highest BCUT2D eigenvalue weighted by Gasteiger charge is 2.30. The molecule has 1 N–H and O–H groups in total. The lowest BCUT2D eigenvalue weighted by molar-refractivity contribution is -0.143. The maximum atomic E-state index is 11.1. The zero-order chi connectivity index (χ0) is 15.4. The predicted octanol–water partition coefficient (Wildman–Crippen LogP) is 2.47. The molecule has 0 saturated carbocycles. The molecule has 1 fully saturated rings. The summed E-state index contributed by atoms with van der Waals surface area (Å²) >= 11 is 0. The Bertz CT molecular complexity index is 453. The summed E-state index contributed by atoms with van der Waals surface area (Å²) in [7, 11) is 0. The standard InChI is InChI=1S/C17H26N2O2/c1-13(2)16(15-7-5-4-6-8-15)19-11-9-18(10-12-19)14(3)17(20)21/h4-8,13-14,16H,9-12H2,1-3H3,(H,20,21). The molecule has 0 aromatic heterocycles. The van der Waals surface area contributed by atoms with Gasteiger partial charge in [-0.05, 0) is 18.4 Å². The zero-order valence-electron chi connectivity index (χ0n) is 13.2. The molecule has 1 heterocycles. The van der Waals surface area contributed by atoms with Crippen molar-refractivity contribution in [3.8, 4) is 0 Å². The first-order chi connectivity index (χ1) is 10.0. The number of benzene rings is 1. The van der Waals surface area contributed by atoms with E-state index in [1.165, 1.54) is 5.56 Å². The van der Waals surface area contributed by atoms with Crippen molar-refractivity contribution in [1.29, 1.82) is 0 Å². The van der Waals surface area contributed by atoms with Crippen LogP contribution in [0.15, 0.2) is 30.3 Å². The van der Waals surface area contributed by atoms with Gasteiger partial charge in [0.25, 0.3) is 0 Å². The van der Waals surface area contributed by atoms with Gasteiger partial charge in [0.2, 0.25) is 0 Å². The fourth-order valence-corrected chi connectivity index (χ4v) is 3.23. The van der Waals surface area contributed by atoms with Gasteiger partial charge in [-0.2, -0.15) is 0 Å². The van der Waals surface area contributed by atoms with E-state index in [0.29, 0.717) is 12.0 Å². The second-order valence-electron chi connectivity index (χ2n) is 6.19. The molecule has 21 heavy (non-hydrogen) atoms. The summed E-state index contributed by atoms with van der Waals surface area (Å²) in [6.07, 6.45) is 0. The number of piperazine rings is 1. The second kappa shape index (κ2) is 7.05. The summed E-state index contributed by atoms with van der Waals surface area (Å²) < 4.78 is 0. The fraction of sp³-hybridized carbons (Fsp3) is 0.588. The molecule has 1 aliphatic rings. The lowest BCUT2D eigenvalue weighted by Crippen LogP contribution is -2.52. The third-order valence-corrected chi connectivity index (χ3v) is 4.42. The normalized spacial score (nSPS) is 20.4. The molecule has 2 rings (SSSR count). The van der Waals surface area contributed by atoms with Crippen molar-refractivity contribution < 1.29 is 9.90 Å². The van der Waals surface area contributed by atoms with E-state index in [2.05, 4.69) is 47.9 Å². The zero-order valence-corrected chi connectivity index (χ0v) is 13.2. The van der Waals surface area contributed by atoms with Crippen molar-refractivity contribution in [3.05, 3.63) is 35.9 Å². The molecule has 1 aliphatic heterocycles. The van der Waals surface area contributed by atoms with Gasteiger partial charge in [-0.3, -0.25) is 14.6 Å². The van der Waals surface area contributed by atoms with E-state index in [-0.39, 0.29) is 6.04 Å². The Hall–Kier alpha value is -1.39. The highest BCUT2D eigenvalue weighted by molar-refractivity contribution is 5.72. The number of rotatable bonds is 5. The van der Waals surface area contributed by atoms with Crippen molar-refractivity contribution in [1.82, 2.24) is 9.80 Å². The molecule has 2 unspecified atom stereocenters. The molecular weight excluding hydrogens is 264 g/mol. The van der Waals surface area contributed by atoms with E-state index >= 15 is 0 Å². The molecule has 1 saturated heterocycles. The SMILES string of the molecule is CC(C)C(c1ccccc1)N1CCN(C(C)C(=O)O)CC1. The minimum absolute atomic E-state index is 0.388. The molecule has 4 nitrogen and oxygen atoms in total. The number of hydrogen-bond donors (Lipinski definition) is 1. The van der Waals surface area contributed by atoms with Gasteiger partial charge in [0.15, 0.2) is 0 Å². The highest BCUT2D eigenvalue weighted by Crippen LogP contribution is 2.29. The molecule has 0 aliphatic carbocycles. The van der Waals surface area contributed by atoms with E-state index in [1.807, 2.05) is 6.07 Å². The second-order valence-corrected chi connectivity index (χ2v) is 6.19. The number of carboxylic acids is 1. The monoisotopic (exact) mass is 290 g/mol. The van der Waals surface area contributed by atoms with Crippen molar-refractivity contribution in [2.45, 2.75) is 32.9 Å². The third-order valence-electron chi connectivity index (χ3n) is 4.42. The summed E-state index contributed by atoms with van der Waals surface area (Å²) in [6, 6.07) is 10.6. The van der Waals surface area contributed by atoms with Crippen LogP contribution in [0.4, 0.5) is 0 Å². The van der Waals surface area contributed by atoms with Crippen molar-refractivity contribution in [3.63, 3.8) is 0 Å². The maximum absolute atomic E-state index is 11.1. The number of carboxylic acid groups (broad SMARTS) is 1. The van der Waals surface area contributed by atoms with Gasteiger partial charge in [-0.1, -0.05) is 44.2 Å². The quantitative estimate of drug-likeness (QED) is 0.905. The first-order valence-corrected chi connectivity index (χ1v) is 7.76. The molecule has 0 amide bonds. The average molecular weight is 290 g/mol. The fourth-order valence-electron chi connectivity index (χ4n) is 3.23. The molecule has 1 aromatic rings. The highest BCUT2D eigenvalue weighted by atomic mass is 16.4. The van der Waals surface area contributed by atoms with Crippen LogP contribution >= 0.6 is 0 Å². The van der Waals surface area contributed by atoms with Gasteiger partial charge in [0.1, 0.15) is 6.04 Å². The lowest BCUT2D eigenvalue weighted by atomic mass is 9.93. The molecular formula is C17H26N2O2. The van der Waals surface area contributed by atoms with Crippen LogP contribution in [0.2, 0.25) is 0 Å². The van der Waals surface area contributed by atoms with Crippen LogP contribution in [0, 0.1) is 5.92 Å². The summed E-state index contributed by atoms with van der Waals surface area (Å²) in [5.41, 5.74) is 1.35. The first-order valence-electron chi connectivity index (χ1n) is 7.76. The molecule has 0 spiro atoms. The number of aliphatic carboxylic acids is 1. The number of hydrogen-bond acceptors (Lipinski definition) is 3. The van der Waals surface area contributed by atoms with Crippen LogP contribution in [-0.4, -0.2) is 53.1 Å². The van der Waals surface area contributed by atoms with Gasteiger partial charge >= 0.3 is 5.97 Å². The van der Waals surface area contributed by atoms with E-state index in [4.69, 9.17) is 5.11 Å². The summed E-state index contributed by atoms with van der Waals surface area (Å²) in [5, 5.41) is 9.12. The molecule has 0 radical (unpaired) electrons. The molecule has 0 bridgehead atoms. The van der Waals surface area contributed by atoms with Gasteiger partial charge in [-0.15, -0.1) is 0 Å². The number of nitrogens with zero attached hydrogens (tertiary/aromatic N) is 2. The Balaban J connectivity index is 2.03. The van der Waals surface area contributed by atoms with Crippen molar-refractivity contribution in [2.24, 2.45) is 5.92 Å². The lowest BCUT2D eigenvalue weighted by Gasteiger charge is -2.42. The predicted molar refractivity (Wildman–Crippen MR) is 84.3 cm³/mol. The van der Waals surface area contributed by atoms with Crippen LogP contribution in [0.3, 0.4) is 0 Å².